The van der Waals surface area contributed by atoms with Crippen LogP contribution >= 0.6 is 23.2 Å². The van der Waals surface area contributed by atoms with Gasteiger partial charge in [0.2, 0.25) is 0 Å². The summed E-state index contributed by atoms with van der Waals surface area (Å²) in [6.45, 7) is 2.89. The van der Waals surface area contributed by atoms with Crippen LogP contribution in [-0.2, 0) is 0 Å². The Kier molecular flexibility index (Phi) is 5.97. The highest BCUT2D eigenvalue weighted by Gasteiger charge is 2.32. The molecule has 5 rings (SSSR count). The average Bonchev–Trinajstić information content (AvgIpc) is 3.66. The number of aromatic hydroxyl groups is 1. The van der Waals surface area contributed by atoms with Gasteiger partial charge in [-0.2, -0.15) is 0 Å². The lowest BCUT2D eigenvalue weighted by Gasteiger charge is -2.24. The minimum atomic E-state index is -0.124. The van der Waals surface area contributed by atoms with E-state index in [9.17, 15) is 9.90 Å². The van der Waals surface area contributed by atoms with Crippen LogP contribution < -0.4 is 10.6 Å². The van der Waals surface area contributed by atoms with Crippen molar-refractivity contribution in [2.45, 2.75) is 25.7 Å². The van der Waals surface area contributed by atoms with Crippen LogP contribution in [0.2, 0.25) is 10.0 Å². The Morgan fingerprint density at radius 3 is 2.47 bits per heavy atom. The normalized spacial score (nSPS) is 16.9. The smallest absolute Gasteiger partial charge is 0.169 e. The van der Waals surface area contributed by atoms with Crippen molar-refractivity contribution in [3.05, 3.63) is 52.1 Å². The monoisotopic (exact) mass is 469 g/mol. The van der Waals surface area contributed by atoms with Crippen molar-refractivity contribution in [2.24, 2.45) is 11.8 Å². The van der Waals surface area contributed by atoms with Gasteiger partial charge in [0.25, 0.3) is 0 Å². The van der Waals surface area contributed by atoms with Gasteiger partial charge >= 0.3 is 0 Å². The predicted octanol–water partition coefficient (Wildman–Crippen LogP) is 5.92. The molecule has 7 heteroatoms. The number of piperidine rings is 1. The Morgan fingerprint density at radius 2 is 1.78 bits per heavy atom. The van der Waals surface area contributed by atoms with Gasteiger partial charge in [0.1, 0.15) is 0 Å². The van der Waals surface area contributed by atoms with Crippen molar-refractivity contribution >= 4 is 45.6 Å². The fourth-order valence-electron chi connectivity index (χ4n) is 4.38. The second-order valence-electron chi connectivity index (χ2n) is 8.78. The second kappa shape index (κ2) is 8.89. The first-order valence-electron chi connectivity index (χ1n) is 11.1. The van der Waals surface area contributed by atoms with Gasteiger partial charge in [0.05, 0.1) is 26.8 Å². The number of carbonyl (C=O) groups is 1. The lowest BCUT2D eigenvalue weighted by atomic mass is 9.96. The molecule has 0 bridgehead atoms. The predicted molar refractivity (Wildman–Crippen MR) is 130 cm³/mol. The molecule has 0 radical (unpaired) electrons. The third-order valence-corrected chi connectivity index (χ3v) is 7.03. The molecule has 2 heterocycles. The van der Waals surface area contributed by atoms with Gasteiger partial charge in [-0.05, 0) is 80.1 Å². The molecule has 3 aromatic rings. The molecule has 2 fully saturated rings. The molecule has 1 saturated carbocycles. The molecule has 166 valence electrons. The van der Waals surface area contributed by atoms with Crippen LogP contribution in [0.1, 0.15) is 36.0 Å². The molecule has 32 heavy (non-hydrogen) atoms. The Balaban J connectivity index is 1.58. The maximum Gasteiger partial charge on any atom is 0.169 e. The number of fused-ring (bicyclic) bond motifs is 1. The molecule has 1 saturated heterocycles. The Hall–Kier alpha value is -2.34. The summed E-state index contributed by atoms with van der Waals surface area (Å²) in [6.07, 6.45) is 5.88. The van der Waals surface area contributed by atoms with Crippen LogP contribution in [0.15, 0.2) is 36.5 Å². The summed E-state index contributed by atoms with van der Waals surface area (Å²) in [7, 11) is 0. The molecular formula is C25H25Cl2N3O2. The first-order valence-corrected chi connectivity index (χ1v) is 11.9. The molecule has 0 amide bonds. The van der Waals surface area contributed by atoms with E-state index >= 15 is 0 Å². The number of nitrogens with one attached hydrogen (secondary N) is 2. The first-order chi connectivity index (χ1) is 15.5. The van der Waals surface area contributed by atoms with Gasteiger partial charge in [-0.3, -0.25) is 9.78 Å². The van der Waals surface area contributed by atoms with Crippen LogP contribution in [-0.4, -0.2) is 35.5 Å². The second-order valence-corrected chi connectivity index (χ2v) is 9.59. The third kappa shape index (κ3) is 4.29. The highest BCUT2D eigenvalue weighted by atomic mass is 35.5. The number of ketones is 1. The zero-order valence-electron chi connectivity index (χ0n) is 17.6. The Morgan fingerprint density at radius 1 is 1.06 bits per heavy atom. The number of phenols is 1. The summed E-state index contributed by atoms with van der Waals surface area (Å²) in [6, 6.07) is 9.31. The van der Waals surface area contributed by atoms with E-state index in [-0.39, 0.29) is 27.5 Å². The summed E-state index contributed by atoms with van der Waals surface area (Å²) < 4.78 is 0. The number of carbonyl (C=O) groups excluding carboxylic acids is 1. The third-order valence-electron chi connectivity index (χ3n) is 6.46. The lowest BCUT2D eigenvalue weighted by molar-refractivity contribution is 0.0968. The molecule has 0 atom stereocenters. The minimum absolute atomic E-state index is 0.117. The van der Waals surface area contributed by atoms with Crippen molar-refractivity contribution in [1.29, 1.82) is 0 Å². The van der Waals surface area contributed by atoms with E-state index in [1.165, 1.54) is 0 Å². The summed E-state index contributed by atoms with van der Waals surface area (Å²) >= 11 is 12.3. The van der Waals surface area contributed by atoms with Crippen molar-refractivity contribution in [3.63, 3.8) is 0 Å². The summed E-state index contributed by atoms with van der Waals surface area (Å²) in [5, 5.41) is 18.2. The number of phenolic OH excluding ortho intramolecular Hbond substituents is 1. The molecule has 5 nitrogen and oxygen atoms in total. The molecule has 2 aromatic carbocycles. The first kappa shape index (κ1) is 21.5. The number of pyridine rings is 1. The molecule has 0 spiro atoms. The van der Waals surface area contributed by atoms with Crippen LogP contribution in [0, 0.1) is 11.8 Å². The van der Waals surface area contributed by atoms with E-state index in [1.807, 2.05) is 18.2 Å². The van der Waals surface area contributed by atoms with Gasteiger partial charge < -0.3 is 15.7 Å². The van der Waals surface area contributed by atoms with E-state index in [0.29, 0.717) is 11.5 Å². The lowest BCUT2D eigenvalue weighted by Crippen LogP contribution is -2.31. The van der Waals surface area contributed by atoms with Gasteiger partial charge in [-0.15, -0.1) is 0 Å². The Bertz CT molecular complexity index is 1160. The van der Waals surface area contributed by atoms with E-state index in [2.05, 4.69) is 15.6 Å². The largest absolute Gasteiger partial charge is 0.505 e. The van der Waals surface area contributed by atoms with Crippen LogP contribution in [0.3, 0.4) is 0 Å². The van der Waals surface area contributed by atoms with Crippen molar-refractivity contribution in [3.8, 4) is 16.9 Å². The number of nitrogens with zero attached hydrogens (tertiary/aromatic N) is 1. The van der Waals surface area contributed by atoms with E-state index in [4.69, 9.17) is 23.2 Å². The highest BCUT2D eigenvalue weighted by molar-refractivity contribution is 6.37. The summed E-state index contributed by atoms with van der Waals surface area (Å²) in [5.41, 5.74) is 4.05. The molecular weight excluding hydrogens is 445 g/mol. The summed E-state index contributed by atoms with van der Waals surface area (Å²) in [4.78, 5) is 17.6. The van der Waals surface area contributed by atoms with E-state index in [1.54, 1.807) is 18.3 Å². The zero-order chi connectivity index (χ0) is 22.2. The van der Waals surface area contributed by atoms with Gasteiger partial charge in [0, 0.05) is 24.0 Å². The standard InChI is InChI=1S/C25H25Cl2N3O2/c26-20-10-17(11-21(27)25(20)32)16-3-4-22-18(9-16)23(30-12-14-5-7-28-8-6-14)19(13-29-22)24(31)15-1-2-15/h3-4,9-11,13-15,28,32H,1-2,5-8,12H2,(H,29,30). The number of aromatic nitrogens is 1. The summed E-state index contributed by atoms with van der Waals surface area (Å²) in [5.74, 6) is 0.738. The van der Waals surface area contributed by atoms with Gasteiger partial charge in [-0.1, -0.05) is 29.3 Å². The van der Waals surface area contributed by atoms with Crippen LogP contribution in [0.5, 0.6) is 5.75 Å². The average molecular weight is 470 g/mol. The van der Waals surface area contributed by atoms with Gasteiger partial charge in [-0.25, -0.2) is 0 Å². The maximum atomic E-state index is 13.1. The molecule has 1 aromatic heterocycles. The quantitative estimate of drug-likeness (QED) is 0.390. The molecule has 2 aliphatic rings. The zero-order valence-corrected chi connectivity index (χ0v) is 19.1. The van der Waals surface area contributed by atoms with Gasteiger partial charge in [0.15, 0.2) is 11.5 Å². The van der Waals surface area contributed by atoms with E-state index in [0.717, 1.165) is 73.0 Å². The molecule has 3 N–H and O–H groups in total. The number of hydrogen-bond donors (Lipinski definition) is 3. The number of Topliss-reactive ketones (excluding diaryl/α,β-unsaturated/α-hetero) is 1. The molecule has 0 unspecified atom stereocenters. The number of anilines is 1. The van der Waals surface area contributed by atoms with Crippen LogP contribution in [0.4, 0.5) is 5.69 Å². The number of halogens is 2. The minimum Gasteiger partial charge on any atom is -0.505 e. The van der Waals surface area contributed by atoms with Crippen molar-refractivity contribution < 1.29 is 9.90 Å². The fourth-order valence-corrected chi connectivity index (χ4v) is 4.87. The Labute approximate surface area is 197 Å². The fraction of sp³-hybridized carbons (Fsp3) is 0.360. The van der Waals surface area contributed by atoms with E-state index < -0.39 is 0 Å². The van der Waals surface area contributed by atoms with Crippen molar-refractivity contribution in [1.82, 2.24) is 10.3 Å². The maximum absolute atomic E-state index is 13.1. The van der Waals surface area contributed by atoms with Crippen molar-refractivity contribution in [2.75, 3.05) is 25.0 Å². The number of benzene rings is 2. The van der Waals surface area contributed by atoms with Crippen LogP contribution in [0.25, 0.3) is 22.0 Å². The molecule has 1 aliphatic carbocycles. The highest BCUT2D eigenvalue weighted by Crippen LogP contribution is 2.40. The molecule has 1 aliphatic heterocycles. The number of hydrogen-bond acceptors (Lipinski definition) is 5. The topological polar surface area (TPSA) is 74.2 Å². The number of rotatable bonds is 6. The SMILES string of the molecule is O=C(c1cnc2ccc(-c3cc(Cl)c(O)c(Cl)c3)cc2c1NCC1CCNCC1)C1CC1.